The van der Waals surface area contributed by atoms with E-state index in [1.807, 2.05) is 18.2 Å². The van der Waals surface area contributed by atoms with E-state index >= 15 is 0 Å². The number of ether oxygens (including phenoxy) is 2. The summed E-state index contributed by atoms with van der Waals surface area (Å²) in [6, 6.07) is 17.3. The second kappa shape index (κ2) is 9.07. The number of benzene rings is 2. The van der Waals surface area contributed by atoms with Gasteiger partial charge in [-0.3, -0.25) is 4.79 Å². The standard InChI is InChI=1S/C22H20N2O6S/c25-22(23-18-8-9-20-21(13-18)30-16-29-20)15-24(14-19-7-4-11-28-19)31(26,27)12-10-17-5-2-1-3-6-17/h1-13H,14-16H2,(H,23,25). The lowest BCUT2D eigenvalue weighted by atomic mass is 10.2. The Balaban J connectivity index is 1.50. The van der Waals surface area contributed by atoms with Gasteiger partial charge in [0.1, 0.15) is 5.76 Å². The van der Waals surface area contributed by atoms with Gasteiger partial charge in [-0.25, -0.2) is 8.42 Å². The summed E-state index contributed by atoms with van der Waals surface area (Å²) < 4.78 is 42.8. The van der Waals surface area contributed by atoms with E-state index in [-0.39, 0.29) is 13.3 Å². The molecule has 0 radical (unpaired) electrons. The fourth-order valence-corrected chi connectivity index (χ4v) is 4.07. The molecule has 0 aliphatic carbocycles. The largest absolute Gasteiger partial charge is 0.468 e. The van der Waals surface area contributed by atoms with E-state index in [9.17, 15) is 13.2 Å². The molecule has 8 nitrogen and oxygen atoms in total. The van der Waals surface area contributed by atoms with Crippen molar-refractivity contribution in [2.24, 2.45) is 0 Å². The van der Waals surface area contributed by atoms with Crippen LogP contribution in [0.2, 0.25) is 0 Å². The van der Waals surface area contributed by atoms with Crippen LogP contribution >= 0.6 is 0 Å². The van der Waals surface area contributed by atoms with Gasteiger partial charge in [0, 0.05) is 17.2 Å². The number of rotatable bonds is 8. The normalized spacial score (nSPS) is 13.1. The second-order valence-electron chi connectivity index (χ2n) is 6.72. The van der Waals surface area contributed by atoms with Crippen LogP contribution in [0.15, 0.2) is 76.8 Å². The molecule has 4 rings (SSSR count). The Morgan fingerprint density at radius 1 is 1.03 bits per heavy atom. The van der Waals surface area contributed by atoms with Crippen LogP contribution in [0.3, 0.4) is 0 Å². The van der Waals surface area contributed by atoms with Gasteiger partial charge in [-0.1, -0.05) is 30.3 Å². The zero-order valence-corrected chi connectivity index (χ0v) is 17.2. The molecule has 3 aromatic rings. The zero-order chi connectivity index (χ0) is 21.7. The quantitative estimate of drug-likeness (QED) is 0.576. The van der Waals surface area contributed by atoms with Crippen molar-refractivity contribution in [1.82, 2.24) is 4.31 Å². The fourth-order valence-electron chi connectivity index (χ4n) is 2.96. The molecule has 1 aliphatic heterocycles. The molecule has 0 spiro atoms. The summed E-state index contributed by atoms with van der Waals surface area (Å²) in [6.07, 6.45) is 2.94. The number of anilines is 1. The van der Waals surface area contributed by atoms with E-state index in [2.05, 4.69) is 5.32 Å². The van der Waals surface area contributed by atoms with Gasteiger partial charge in [-0.05, 0) is 35.9 Å². The first kappa shape index (κ1) is 20.7. The van der Waals surface area contributed by atoms with Crippen LogP contribution in [0.4, 0.5) is 5.69 Å². The first-order chi connectivity index (χ1) is 15.0. The molecule has 160 valence electrons. The summed E-state index contributed by atoms with van der Waals surface area (Å²) in [5, 5.41) is 3.77. The molecule has 0 saturated heterocycles. The maximum absolute atomic E-state index is 13.0. The third-order valence-corrected chi connectivity index (χ3v) is 5.94. The Morgan fingerprint density at radius 3 is 2.61 bits per heavy atom. The molecule has 0 atom stereocenters. The van der Waals surface area contributed by atoms with Crippen LogP contribution in [0.5, 0.6) is 11.5 Å². The molecular weight excluding hydrogens is 420 g/mol. The van der Waals surface area contributed by atoms with Gasteiger partial charge >= 0.3 is 0 Å². The molecule has 2 aromatic carbocycles. The first-order valence-electron chi connectivity index (χ1n) is 9.45. The highest BCUT2D eigenvalue weighted by Crippen LogP contribution is 2.34. The summed E-state index contributed by atoms with van der Waals surface area (Å²) in [5.74, 6) is 1.03. The Morgan fingerprint density at radius 2 is 1.84 bits per heavy atom. The van der Waals surface area contributed by atoms with Crippen LogP contribution in [-0.4, -0.2) is 32.0 Å². The SMILES string of the molecule is O=C(CN(Cc1ccco1)S(=O)(=O)C=Cc1ccccc1)Nc1ccc2c(c1)OCO2. The fraction of sp³-hybridized carbons (Fsp3) is 0.136. The van der Waals surface area contributed by atoms with E-state index in [1.54, 1.807) is 42.5 Å². The molecule has 1 aromatic heterocycles. The maximum atomic E-state index is 13.0. The van der Waals surface area contributed by atoms with Gasteiger partial charge in [0.05, 0.1) is 19.4 Å². The summed E-state index contributed by atoms with van der Waals surface area (Å²) in [4.78, 5) is 12.6. The average molecular weight is 440 g/mol. The molecule has 9 heteroatoms. The molecule has 0 saturated carbocycles. The minimum atomic E-state index is -3.91. The minimum Gasteiger partial charge on any atom is -0.468 e. The summed E-state index contributed by atoms with van der Waals surface area (Å²) in [6.45, 7) is -0.352. The Bertz CT molecular complexity index is 1170. The molecule has 0 fully saturated rings. The van der Waals surface area contributed by atoms with Gasteiger partial charge in [0.25, 0.3) is 0 Å². The molecule has 1 amide bonds. The van der Waals surface area contributed by atoms with E-state index in [1.165, 1.54) is 12.3 Å². The predicted molar refractivity (Wildman–Crippen MR) is 115 cm³/mol. The number of amides is 1. The number of fused-ring (bicyclic) bond motifs is 1. The minimum absolute atomic E-state index is 0.0803. The van der Waals surface area contributed by atoms with Crippen LogP contribution < -0.4 is 14.8 Å². The highest BCUT2D eigenvalue weighted by atomic mass is 32.2. The van der Waals surface area contributed by atoms with Gasteiger partial charge < -0.3 is 19.2 Å². The van der Waals surface area contributed by atoms with Crippen molar-refractivity contribution < 1.29 is 27.1 Å². The lowest BCUT2D eigenvalue weighted by Crippen LogP contribution is -2.36. The van der Waals surface area contributed by atoms with Crippen LogP contribution in [-0.2, 0) is 21.4 Å². The van der Waals surface area contributed by atoms with E-state index in [0.29, 0.717) is 22.9 Å². The number of sulfonamides is 1. The molecule has 0 unspecified atom stereocenters. The van der Waals surface area contributed by atoms with Gasteiger partial charge in [0.2, 0.25) is 22.7 Å². The topological polar surface area (TPSA) is 98.1 Å². The summed E-state index contributed by atoms with van der Waals surface area (Å²) in [7, 11) is -3.91. The number of furan rings is 1. The van der Waals surface area contributed by atoms with Crippen molar-refractivity contribution >= 4 is 27.7 Å². The van der Waals surface area contributed by atoms with E-state index < -0.39 is 22.5 Å². The first-order valence-corrected chi connectivity index (χ1v) is 11.0. The van der Waals surface area contributed by atoms with Crippen molar-refractivity contribution in [3.05, 3.63) is 83.7 Å². The van der Waals surface area contributed by atoms with Crippen molar-refractivity contribution in [2.75, 3.05) is 18.7 Å². The number of nitrogens with zero attached hydrogens (tertiary/aromatic N) is 1. The van der Waals surface area contributed by atoms with Crippen LogP contribution in [0.1, 0.15) is 11.3 Å². The lowest BCUT2D eigenvalue weighted by molar-refractivity contribution is -0.116. The molecular formula is C22H20N2O6S. The highest BCUT2D eigenvalue weighted by Gasteiger charge is 2.24. The predicted octanol–water partition coefficient (Wildman–Crippen LogP) is 3.45. The molecule has 31 heavy (non-hydrogen) atoms. The Labute approximate surface area is 179 Å². The smallest absolute Gasteiger partial charge is 0.239 e. The maximum Gasteiger partial charge on any atom is 0.239 e. The van der Waals surface area contributed by atoms with Gasteiger partial charge in [0.15, 0.2) is 11.5 Å². The summed E-state index contributed by atoms with van der Waals surface area (Å²) in [5.41, 5.74) is 1.21. The molecule has 2 heterocycles. The lowest BCUT2D eigenvalue weighted by Gasteiger charge is -2.19. The van der Waals surface area contributed by atoms with Crippen molar-refractivity contribution in [3.8, 4) is 11.5 Å². The monoisotopic (exact) mass is 440 g/mol. The van der Waals surface area contributed by atoms with E-state index in [4.69, 9.17) is 13.9 Å². The highest BCUT2D eigenvalue weighted by molar-refractivity contribution is 7.92. The summed E-state index contributed by atoms with van der Waals surface area (Å²) >= 11 is 0. The van der Waals surface area contributed by atoms with Crippen molar-refractivity contribution in [2.45, 2.75) is 6.54 Å². The van der Waals surface area contributed by atoms with Gasteiger partial charge in [-0.2, -0.15) is 4.31 Å². The number of hydrogen-bond acceptors (Lipinski definition) is 6. The average Bonchev–Trinajstić information content (AvgIpc) is 3.44. The second-order valence-corrected chi connectivity index (χ2v) is 8.54. The van der Waals surface area contributed by atoms with E-state index in [0.717, 1.165) is 15.3 Å². The Hall–Kier alpha value is -3.56. The van der Waals surface area contributed by atoms with Gasteiger partial charge in [-0.15, -0.1) is 0 Å². The van der Waals surface area contributed by atoms with Crippen molar-refractivity contribution in [1.29, 1.82) is 0 Å². The zero-order valence-electron chi connectivity index (χ0n) is 16.4. The van der Waals surface area contributed by atoms with Crippen molar-refractivity contribution in [3.63, 3.8) is 0 Å². The third kappa shape index (κ3) is 5.33. The number of hydrogen-bond donors (Lipinski definition) is 1. The third-order valence-electron chi connectivity index (χ3n) is 4.48. The number of carbonyl (C=O) groups is 1. The molecule has 1 N–H and O–H groups in total. The molecule has 0 bridgehead atoms. The molecule has 1 aliphatic rings. The number of nitrogens with one attached hydrogen (secondary N) is 1. The van der Waals surface area contributed by atoms with Crippen LogP contribution in [0, 0.1) is 0 Å². The number of carbonyl (C=O) groups excluding carboxylic acids is 1. The van der Waals surface area contributed by atoms with Crippen LogP contribution in [0.25, 0.3) is 6.08 Å². The Kier molecular flexibility index (Phi) is 6.06.